The van der Waals surface area contributed by atoms with Crippen LogP contribution in [0.15, 0.2) is 47.8 Å². The van der Waals surface area contributed by atoms with Crippen LogP contribution in [0.25, 0.3) is 16.5 Å². The van der Waals surface area contributed by atoms with E-state index in [0.29, 0.717) is 5.16 Å². The van der Waals surface area contributed by atoms with E-state index >= 15 is 0 Å². The van der Waals surface area contributed by atoms with Gasteiger partial charge in [-0.25, -0.2) is 4.98 Å². The number of hydrogen-bond donors (Lipinski definition) is 2. The zero-order valence-corrected chi connectivity index (χ0v) is 19.1. The van der Waals surface area contributed by atoms with Crippen LogP contribution < -0.4 is 16.2 Å². The number of thioether (sulfide) groups is 1. The van der Waals surface area contributed by atoms with Crippen molar-refractivity contribution in [1.82, 2.24) is 20.2 Å². The first kappa shape index (κ1) is 23.4. The number of esters is 1. The Morgan fingerprint density at radius 3 is 2.53 bits per heavy atom. The molecule has 8 nitrogen and oxygen atoms in total. The lowest BCUT2D eigenvalue weighted by molar-refractivity contribution is -0.143. The molecule has 0 aliphatic carbocycles. The molecule has 10 heteroatoms. The van der Waals surface area contributed by atoms with Gasteiger partial charge in [0.1, 0.15) is 6.54 Å². The van der Waals surface area contributed by atoms with Crippen molar-refractivity contribution in [2.75, 3.05) is 25.4 Å². The molecule has 0 spiro atoms. The summed E-state index contributed by atoms with van der Waals surface area (Å²) in [5, 5.41) is 7.92. The third-order valence-electron chi connectivity index (χ3n) is 4.78. The van der Waals surface area contributed by atoms with Crippen LogP contribution in [0.4, 0.5) is 0 Å². The van der Waals surface area contributed by atoms with E-state index in [1.54, 1.807) is 13.1 Å². The molecule has 0 aliphatic heterocycles. The SMILES string of the molecule is Bc1cnc(SCC(=O)NCC(=O)NCC(=O)OCC)n1-c1ccc(C)c2ccccc12. The van der Waals surface area contributed by atoms with Crippen LogP contribution >= 0.6 is 11.8 Å². The van der Waals surface area contributed by atoms with Crippen molar-refractivity contribution in [3.63, 3.8) is 0 Å². The Bertz CT molecular complexity index is 1150. The Morgan fingerprint density at radius 1 is 1.06 bits per heavy atom. The van der Waals surface area contributed by atoms with Crippen LogP contribution in [0.1, 0.15) is 12.5 Å². The maximum atomic E-state index is 12.2. The Balaban J connectivity index is 1.62. The molecular formula is C22H25BN4O4S. The molecule has 32 heavy (non-hydrogen) atoms. The van der Waals surface area contributed by atoms with Gasteiger partial charge in [-0.1, -0.05) is 42.1 Å². The standard InChI is InChI=1S/C22H25BN4O4S/c1-3-31-21(30)12-25-19(28)11-24-20(29)13-32-22-26-10-18(23)27(22)17-9-8-14(2)15-6-4-5-7-16(15)17/h4-10H,3,11-13,23H2,1-2H3,(H,24,29)(H,25,28). The average molecular weight is 452 g/mol. The molecule has 3 rings (SSSR count). The highest BCUT2D eigenvalue weighted by molar-refractivity contribution is 7.99. The summed E-state index contributed by atoms with van der Waals surface area (Å²) in [6.45, 7) is 3.57. The minimum Gasteiger partial charge on any atom is -0.465 e. The van der Waals surface area contributed by atoms with E-state index in [9.17, 15) is 14.4 Å². The maximum absolute atomic E-state index is 12.2. The van der Waals surface area contributed by atoms with Crippen molar-refractivity contribution in [3.05, 3.63) is 48.2 Å². The quantitative estimate of drug-likeness (QED) is 0.278. The molecule has 0 saturated carbocycles. The van der Waals surface area contributed by atoms with E-state index < -0.39 is 11.9 Å². The monoisotopic (exact) mass is 452 g/mol. The Hall–Kier alpha value is -3.27. The first-order chi connectivity index (χ1) is 15.4. The third kappa shape index (κ3) is 5.70. The maximum Gasteiger partial charge on any atom is 0.325 e. The predicted octanol–water partition coefficient (Wildman–Crippen LogP) is 0.480. The highest BCUT2D eigenvalue weighted by Crippen LogP contribution is 2.27. The van der Waals surface area contributed by atoms with Crippen molar-refractivity contribution in [2.24, 2.45) is 0 Å². The number of rotatable bonds is 9. The summed E-state index contributed by atoms with van der Waals surface area (Å²) >= 11 is 1.29. The summed E-state index contributed by atoms with van der Waals surface area (Å²) in [7, 11) is 1.97. The van der Waals surface area contributed by atoms with Gasteiger partial charge in [-0.05, 0) is 36.5 Å². The van der Waals surface area contributed by atoms with E-state index in [2.05, 4.69) is 46.8 Å². The van der Waals surface area contributed by atoms with E-state index in [0.717, 1.165) is 16.7 Å². The Kier molecular flexibility index (Phi) is 7.94. The number of amides is 2. The first-order valence-electron chi connectivity index (χ1n) is 10.3. The number of carbonyl (C=O) groups excluding carboxylic acids is 3. The number of nitrogens with zero attached hydrogens (tertiary/aromatic N) is 2. The second kappa shape index (κ2) is 10.9. The first-order valence-corrected chi connectivity index (χ1v) is 11.2. The molecule has 2 N–H and O–H groups in total. The fourth-order valence-corrected chi connectivity index (χ4v) is 4.10. The molecule has 0 saturated heterocycles. The van der Waals surface area contributed by atoms with Gasteiger partial charge in [-0.2, -0.15) is 0 Å². The lowest BCUT2D eigenvalue weighted by Crippen LogP contribution is -2.40. The van der Waals surface area contributed by atoms with Gasteiger partial charge >= 0.3 is 5.97 Å². The molecule has 1 heterocycles. The fraction of sp³-hybridized carbons (Fsp3) is 0.273. The molecule has 2 aromatic carbocycles. The van der Waals surface area contributed by atoms with Gasteiger partial charge in [-0.15, -0.1) is 0 Å². The third-order valence-corrected chi connectivity index (χ3v) is 5.73. The Labute approximate surface area is 191 Å². The van der Waals surface area contributed by atoms with Gasteiger partial charge in [0.25, 0.3) is 0 Å². The van der Waals surface area contributed by atoms with Crippen molar-refractivity contribution in [3.8, 4) is 5.69 Å². The number of imidazole rings is 1. The van der Waals surface area contributed by atoms with Crippen LogP contribution in [-0.2, 0) is 19.1 Å². The highest BCUT2D eigenvalue weighted by atomic mass is 32.2. The average Bonchev–Trinajstić information content (AvgIpc) is 3.15. The molecule has 0 bridgehead atoms. The van der Waals surface area contributed by atoms with Gasteiger partial charge in [0, 0.05) is 11.6 Å². The number of ether oxygens (including phenoxy) is 1. The predicted molar refractivity (Wildman–Crippen MR) is 127 cm³/mol. The smallest absolute Gasteiger partial charge is 0.325 e. The van der Waals surface area contributed by atoms with Gasteiger partial charge in [0.05, 0.1) is 24.6 Å². The molecule has 3 aromatic rings. The molecule has 0 atom stereocenters. The minimum atomic E-state index is -0.520. The fourth-order valence-electron chi connectivity index (χ4n) is 3.24. The summed E-state index contributed by atoms with van der Waals surface area (Å²) in [4.78, 5) is 39.7. The number of aromatic nitrogens is 2. The largest absolute Gasteiger partial charge is 0.465 e. The van der Waals surface area contributed by atoms with Crippen LogP contribution in [0.3, 0.4) is 0 Å². The van der Waals surface area contributed by atoms with Crippen LogP contribution in [-0.4, -0.2) is 60.6 Å². The number of aryl methyl sites for hydroxylation is 1. The van der Waals surface area contributed by atoms with Crippen molar-refractivity contribution in [2.45, 2.75) is 19.0 Å². The molecule has 2 amide bonds. The van der Waals surface area contributed by atoms with Crippen LogP contribution in [0.5, 0.6) is 0 Å². The number of fused-ring (bicyclic) bond motifs is 1. The van der Waals surface area contributed by atoms with E-state index in [1.807, 2.05) is 24.5 Å². The van der Waals surface area contributed by atoms with E-state index in [1.165, 1.54) is 22.7 Å². The molecule has 0 fully saturated rings. The molecule has 166 valence electrons. The molecular weight excluding hydrogens is 427 g/mol. The molecule has 0 unspecified atom stereocenters. The van der Waals surface area contributed by atoms with E-state index in [4.69, 9.17) is 4.74 Å². The van der Waals surface area contributed by atoms with Crippen molar-refractivity contribution in [1.29, 1.82) is 0 Å². The molecule has 0 aliphatic rings. The van der Waals surface area contributed by atoms with E-state index in [-0.39, 0.29) is 31.4 Å². The summed E-state index contributed by atoms with van der Waals surface area (Å²) in [6, 6.07) is 12.3. The number of nitrogens with one attached hydrogen (secondary N) is 2. The zero-order valence-electron chi connectivity index (χ0n) is 18.3. The van der Waals surface area contributed by atoms with Gasteiger partial charge in [0.2, 0.25) is 11.8 Å². The van der Waals surface area contributed by atoms with Crippen LogP contribution in [0, 0.1) is 6.92 Å². The highest BCUT2D eigenvalue weighted by Gasteiger charge is 2.15. The summed E-state index contributed by atoms with van der Waals surface area (Å²) < 4.78 is 6.77. The topological polar surface area (TPSA) is 102 Å². The lowest BCUT2D eigenvalue weighted by Gasteiger charge is -2.14. The van der Waals surface area contributed by atoms with Crippen LogP contribution in [0.2, 0.25) is 0 Å². The summed E-state index contributed by atoms with van der Waals surface area (Å²) in [5.74, 6) is -1.18. The van der Waals surface area contributed by atoms with Gasteiger partial charge < -0.3 is 19.9 Å². The van der Waals surface area contributed by atoms with Gasteiger partial charge in [0.15, 0.2) is 13.0 Å². The summed E-state index contributed by atoms with van der Waals surface area (Å²) in [5.41, 5.74) is 3.15. The second-order valence-electron chi connectivity index (χ2n) is 7.11. The summed E-state index contributed by atoms with van der Waals surface area (Å²) in [6.07, 6.45) is 1.78. The minimum absolute atomic E-state index is 0.103. The lowest BCUT2D eigenvalue weighted by atomic mass is 10.0. The molecule has 1 aromatic heterocycles. The number of hydrogen-bond acceptors (Lipinski definition) is 6. The second-order valence-corrected chi connectivity index (χ2v) is 8.05. The number of carbonyl (C=O) groups is 3. The molecule has 0 radical (unpaired) electrons. The zero-order chi connectivity index (χ0) is 23.1. The Morgan fingerprint density at radius 2 is 1.78 bits per heavy atom. The number of benzene rings is 2. The van der Waals surface area contributed by atoms with Crippen molar-refractivity contribution >= 4 is 53.8 Å². The normalized spacial score (nSPS) is 10.7. The van der Waals surface area contributed by atoms with Crippen molar-refractivity contribution < 1.29 is 19.1 Å². The van der Waals surface area contributed by atoms with Gasteiger partial charge in [-0.3, -0.25) is 14.4 Å².